The summed E-state index contributed by atoms with van der Waals surface area (Å²) in [6.07, 6.45) is -2.51. The minimum absolute atomic E-state index is 0.00231. The van der Waals surface area contributed by atoms with Crippen LogP contribution < -0.4 is 0 Å². The molecule has 3 heteroatoms. The quantitative estimate of drug-likeness (QED) is 0.594. The predicted molar refractivity (Wildman–Crippen MR) is 35.2 cm³/mol. The van der Waals surface area contributed by atoms with Crippen molar-refractivity contribution in [2.24, 2.45) is 0 Å². The first kappa shape index (κ1) is 7.48. The molecular weight excluding hydrogens is 158 g/mol. The van der Waals surface area contributed by atoms with Crippen molar-refractivity contribution in [3.05, 3.63) is 34.9 Å². The highest BCUT2D eigenvalue weighted by molar-refractivity contribution is 6.31. The molecule has 1 rings (SSSR count). The molecule has 0 unspecified atom stereocenters. The summed E-state index contributed by atoms with van der Waals surface area (Å²) in [7, 11) is 0. The van der Waals surface area contributed by atoms with Gasteiger partial charge in [-0.25, -0.2) is 8.78 Å². The van der Waals surface area contributed by atoms with E-state index in [1.165, 1.54) is 18.2 Å². The molecular formula is C7H4ClF2. The lowest BCUT2D eigenvalue weighted by molar-refractivity contribution is 0.151. The summed E-state index contributed by atoms with van der Waals surface area (Å²) in [6, 6.07) is 6.72. The van der Waals surface area contributed by atoms with Crippen LogP contribution in [0.2, 0.25) is 5.02 Å². The summed E-state index contributed by atoms with van der Waals surface area (Å²) in [5, 5.41) is -0.00231. The monoisotopic (exact) mass is 161 g/mol. The maximum Gasteiger partial charge on any atom is 0.265 e. The molecule has 0 aliphatic carbocycles. The standard InChI is InChI=1S/C7H4ClF2/c8-6-4-2-1-3-5(6)7(9)10/h1-3,7H. The van der Waals surface area contributed by atoms with Gasteiger partial charge in [0, 0.05) is 11.6 Å². The predicted octanol–water partition coefficient (Wildman–Crippen LogP) is 3.08. The molecule has 0 saturated carbocycles. The molecule has 1 aromatic carbocycles. The maximum atomic E-state index is 11.9. The summed E-state index contributed by atoms with van der Waals surface area (Å²) in [6.45, 7) is 0. The second-order valence-corrected chi connectivity index (χ2v) is 2.12. The smallest absolute Gasteiger partial charge is 0.205 e. The van der Waals surface area contributed by atoms with E-state index in [1.807, 2.05) is 0 Å². The van der Waals surface area contributed by atoms with Gasteiger partial charge in [-0.15, -0.1) is 0 Å². The van der Waals surface area contributed by atoms with Gasteiger partial charge in [0.25, 0.3) is 6.43 Å². The third-order valence-electron chi connectivity index (χ3n) is 1.07. The topological polar surface area (TPSA) is 0 Å². The zero-order valence-electron chi connectivity index (χ0n) is 4.94. The highest BCUT2D eigenvalue weighted by atomic mass is 35.5. The Morgan fingerprint density at radius 2 is 2.20 bits per heavy atom. The maximum absolute atomic E-state index is 11.9. The van der Waals surface area contributed by atoms with E-state index in [9.17, 15) is 8.78 Å². The second kappa shape index (κ2) is 2.97. The molecule has 0 fully saturated rings. The van der Waals surface area contributed by atoms with Crippen LogP contribution >= 0.6 is 11.6 Å². The summed E-state index contributed by atoms with van der Waals surface area (Å²) < 4.78 is 23.8. The van der Waals surface area contributed by atoms with Crippen molar-refractivity contribution >= 4 is 11.6 Å². The Bertz CT molecular complexity index is 223. The van der Waals surface area contributed by atoms with Crippen molar-refractivity contribution in [1.29, 1.82) is 0 Å². The Labute approximate surface area is 62.4 Å². The van der Waals surface area contributed by atoms with E-state index in [2.05, 4.69) is 6.07 Å². The minimum atomic E-state index is -2.51. The van der Waals surface area contributed by atoms with E-state index >= 15 is 0 Å². The normalized spacial score (nSPS) is 10.4. The zero-order chi connectivity index (χ0) is 7.56. The van der Waals surface area contributed by atoms with E-state index in [1.54, 1.807) is 0 Å². The van der Waals surface area contributed by atoms with Gasteiger partial charge >= 0.3 is 0 Å². The second-order valence-electron chi connectivity index (χ2n) is 1.74. The highest BCUT2D eigenvalue weighted by Gasteiger charge is 2.09. The van der Waals surface area contributed by atoms with Gasteiger partial charge in [0.05, 0.1) is 5.02 Å². The average molecular weight is 162 g/mol. The fraction of sp³-hybridized carbons (Fsp3) is 0.143. The van der Waals surface area contributed by atoms with E-state index < -0.39 is 6.43 Å². The fourth-order valence-corrected chi connectivity index (χ4v) is 0.807. The van der Waals surface area contributed by atoms with Gasteiger partial charge in [-0.2, -0.15) is 0 Å². The third kappa shape index (κ3) is 1.45. The molecule has 0 aromatic heterocycles. The molecule has 0 atom stereocenters. The lowest BCUT2D eigenvalue weighted by Gasteiger charge is -1.99. The molecule has 10 heavy (non-hydrogen) atoms. The van der Waals surface area contributed by atoms with Crippen LogP contribution in [0.1, 0.15) is 12.0 Å². The number of hydrogen-bond donors (Lipinski definition) is 0. The average Bonchev–Trinajstić information content (AvgIpc) is 1.88. The summed E-state index contributed by atoms with van der Waals surface area (Å²) in [4.78, 5) is 0. The van der Waals surface area contributed by atoms with Crippen molar-refractivity contribution in [3.8, 4) is 0 Å². The third-order valence-corrected chi connectivity index (χ3v) is 1.40. The van der Waals surface area contributed by atoms with E-state index in [-0.39, 0.29) is 10.6 Å². The van der Waals surface area contributed by atoms with E-state index in [0.29, 0.717) is 0 Å². The molecule has 0 nitrogen and oxygen atoms in total. The summed E-state index contributed by atoms with van der Waals surface area (Å²) >= 11 is 5.38. The highest BCUT2D eigenvalue weighted by Crippen LogP contribution is 2.25. The first-order chi connectivity index (χ1) is 4.72. The Morgan fingerprint density at radius 1 is 1.50 bits per heavy atom. The van der Waals surface area contributed by atoms with Crippen molar-refractivity contribution in [2.45, 2.75) is 6.43 Å². The van der Waals surface area contributed by atoms with Crippen LogP contribution in [0, 0.1) is 6.07 Å². The molecule has 0 spiro atoms. The first-order valence-corrected chi connectivity index (χ1v) is 3.04. The number of alkyl halides is 2. The Balaban J connectivity index is 3.03. The van der Waals surface area contributed by atoms with Crippen molar-refractivity contribution in [3.63, 3.8) is 0 Å². The van der Waals surface area contributed by atoms with Gasteiger partial charge in [0.2, 0.25) is 0 Å². The summed E-state index contributed by atoms with van der Waals surface area (Å²) in [5.74, 6) is 0. The largest absolute Gasteiger partial charge is 0.265 e. The molecule has 0 saturated heterocycles. The van der Waals surface area contributed by atoms with Crippen LogP contribution in [-0.2, 0) is 0 Å². The molecule has 0 heterocycles. The SMILES string of the molecule is FC(F)c1ccc[c]c1Cl. The van der Waals surface area contributed by atoms with Crippen molar-refractivity contribution in [1.82, 2.24) is 0 Å². The van der Waals surface area contributed by atoms with Crippen LogP contribution in [0.3, 0.4) is 0 Å². The van der Waals surface area contributed by atoms with Gasteiger partial charge in [-0.1, -0.05) is 29.8 Å². The van der Waals surface area contributed by atoms with Crippen LogP contribution in [0.25, 0.3) is 0 Å². The van der Waals surface area contributed by atoms with Gasteiger partial charge in [-0.3, -0.25) is 0 Å². The lowest BCUT2D eigenvalue weighted by Crippen LogP contribution is -1.83. The minimum Gasteiger partial charge on any atom is -0.205 e. The lowest BCUT2D eigenvalue weighted by atomic mass is 10.2. The molecule has 1 radical (unpaired) electrons. The number of hydrogen-bond acceptors (Lipinski definition) is 0. The van der Waals surface area contributed by atoms with Crippen LogP contribution in [0.4, 0.5) is 8.78 Å². The molecule has 0 bridgehead atoms. The number of benzene rings is 1. The first-order valence-electron chi connectivity index (χ1n) is 2.66. The molecule has 1 aromatic rings. The van der Waals surface area contributed by atoms with Gasteiger partial charge < -0.3 is 0 Å². The van der Waals surface area contributed by atoms with Gasteiger partial charge in [-0.05, 0) is 0 Å². The van der Waals surface area contributed by atoms with Crippen molar-refractivity contribution in [2.75, 3.05) is 0 Å². The number of halogens is 3. The van der Waals surface area contributed by atoms with Crippen molar-refractivity contribution < 1.29 is 8.78 Å². The van der Waals surface area contributed by atoms with E-state index in [0.717, 1.165) is 0 Å². The number of rotatable bonds is 1. The van der Waals surface area contributed by atoms with Crippen LogP contribution in [0.5, 0.6) is 0 Å². The Kier molecular flexibility index (Phi) is 2.22. The van der Waals surface area contributed by atoms with Crippen LogP contribution in [0.15, 0.2) is 18.2 Å². The fourth-order valence-electron chi connectivity index (χ4n) is 0.598. The molecule has 0 aliphatic rings. The Hall–Kier alpha value is -0.630. The van der Waals surface area contributed by atoms with Crippen LogP contribution in [-0.4, -0.2) is 0 Å². The molecule has 53 valence electrons. The molecule has 0 aliphatic heterocycles. The zero-order valence-corrected chi connectivity index (χ0v) is 5.70. The van der Waals surface area contributed by atoms with Gasteiger partial charge in [0.15, 0.2) is 0 Å². The van der Waals surface area contributed by atoms with Gasteiger partial charge in [0.1, 0.15) is 0 Å². The Morgan fingerprint density at radius 3 is 2.60 bits per heavy atom. The summed E-state index contributed by atoms with van der Waals surface area (Å²) in [5.41, 5.74) is -0.163. The molecule has 0 N–H and O–H groups in total. The van der Waals surface area contributed by atoms with E-state index in [4.69, 9.17) is 11.6 Å². The molecule has 0 amide bonds.